The van der Waals surface area contributed by atoms with Crippen LogP contribution >= 0.6 is 0 Å². The largest absolute Gasteiger partial charge is 0.469 e. The summed E-state index contributed by atoms with van der Waals surface area (Å²) in [6.07, 6.45) is 3.78. The van der Waals surface area contributed by atoms with E-state index >= 15 is 0 Å². The van der Waals surface area contributed by atoms with Crippen LogP contribution in [0, 0.1) is 11.3 Å². The summed E-state index contributed by atoms with van der Waals surface area (Å²) >= 11 is 0. The van der Waals surface area contributed by atoms with Gasteiger partial charge in [-0.2, -0.15) is 0 Å². The first kappa shape index (κ1) is 22.7. The normalized spacial score (nSPS) is 12.4. The zero-order valence-electron chi connectivity index (χ0n) is 18.0. The lowest BCUT2D eigenvalue weighted by molar-refractivity contribution is -0.146. The summed E-state index contributed by atoms with van der Waals surface area (Å²) in [6, 6.07) is 17.7. The monoisotopic (exact) mass is 430 g/mol. The molecule has 0 fully saturated rings. The standard InChI is InChI=1S/C25H26N4O3/c1-16(22(25(31)32-2)15-17-4-3-5-21(14-17)23(26)27)29-24(30)20-8-6-18(7-9-20)19-10-12-28-13-11-19/h3-14,16,22H,15H2,1-2H3,(H3,26,27)(H,29,30)/t16?,22-/m1/s1. The van der Waals surface area contributed by atoms with Crippen molar-refractivity contribution in [1.82, 2.24) is 10.3 Å². The number of nitrogens with two attached hydrogens (primary N) is 1. The molecule has 2 atom stereocenters. The van der Waals surface area contributed by atoms with Gasteiger partial charge in [0.05, 0.1) is 13.0 Å². The average molecular weight is 431 g/mol. The lowest BCUT2D eigenvalue weighted by Crippen LogP contribution is -2.42. The van der Waals surface area contributed by atoms with Crippen LogP contribution in [0.15, 0.2) is 73.1 Å². The highest BCUT2D eigenvalue weighted by molar-refractivity contribution is 5.95. The quantitative estimate of drug-likeness (QED) is 0.288. The fraction of sp³-hybridized carbons (Fsp3) is 0.200. The summed E-state index contributed by atoms with van der Waals surface area (Å²) in [5, 5.41) is 10.5. The van der Waals surface area contributed by atoms with Crippen molar-refractivity contribution in [3.63, 3.8) is 0 Å². The van der Waals surface area contributed by atoms with Crippen molar-refractivity contribution in [2.24, 2.45) is 11.7 Å². The van der Waals surface area contributed by atoms with Gasteiger partial charge in [0.1, 0.15) is 5.84 Å². The maximum absolute atomic E-state index is 12.8. The number of amidine groups is 1. The number of esters is 1. The van der Waals surface area contributed by atoms with Gasteiger partial charge in [0.15, 0.2) is 0 Å². The molecule has 0 aliphatic heterocycles. The molecular formula is C25H26N4O3. The van der Waals surface area contributed by atoms with Crippen LogP contribution in [-0.2, 0) is 16.0 Å². The van der Waals surface area contributed by atoms with Crippen molar-refractivity contribution in [3.8, 4) is 11.1 Å². The summed E-state index contributed by atoms with van der Waals surface area (Å²) in [4.78, 5) is 29.3. The second-order valence-corrected chi connectivity index (χ2v) is 7.52. The molecule has 164 valence electrons. The number of rotatable bonds is 8. The molecule has 2 aromatic carbocycles. The van der Waals surface area contributed by atoms with E-state index in [4.69, 9.17) is 15.9 Å². The van der Waals surface area contributed by atoms with Crippen LogP contribution in [0.4, 0.5) is 0 Å². The fourth-order valence-electron chi connectivity index (χ4n) is 3.48. The molecule has 3 rings (SSSR count). The predicted octanol–water partition coefficient (Wildman–Crippen LogP) is 3.18. The number of ether oxygens (including phenoxy) is 1. The summed E-state index contributed by atoms with van der Waals surface area (Å²) < 4.78 is 4.97. The first-order chi connectivity index (χ1) is 15.4. The number of nitrogen functional groups attached to an aromatic ring is 1. The van der Waals surface area contributed by atoms with Crippen LogP contribution < -0.4 is 11.1 Å². The molecule has 0 spiro atoms. The van der Waals surface area contributed by atoms with Gasteiger partial charge in [-0.15, -0.1) is 0 Å². The number of benzene rings is 2. The van der Waals surface area contributed by atoms with Gasteiger partial charge in [0, 0.05) is 29.6 Å². The number of aromatic nitrogens is 1. The molecule has 1 aromatic heterocycles. The van der Waals surface area contributed by atoms with E-state index in [1.54, 1.807) is 49.6 Å². The van der Waals surface area contributed by atoms with Crippen LogP contribution in [-0.4, -0.2) is 35.8 Å². The van der Waals surface area contributed by atoms with Crippen LogP contribution in [0.25, 0.3) is 11.1 Å². The number of nitrogens with zero attached hydrogens (tertiary/aromatic N) is 1. The molecule has 0 saturated heterocycles. The van der Waals surface area contributed by atoms with E-state index in [1.807, 2.05) is 30.3 Å². The third-order valence-corrected chi connectivity index (χ3v) is 5.32. The van der Waals surface area contributed by atoms with Gasteiger partial charge >= 0.3 is 5.97 Å². The third kappa shape index (κ3) is 5.57. The highest BCUT2D eigenvalue weighted by Gasteiger charge is 2.28. The van der Waals surface area contributed by atoms with Gasteiger partial charge in [-0.25, -0.2) is 0 Å². The number of amides is 1. The molecule has 7 nitrogen and oxygen atoms in total. The number of carbonyl (C=O) groups excluding carboxylic acids is 2. The van der Waals surface area contributed by atoms with E-state index in [-0.39, 0.29) is 11.7 Å². The van der Waals surface area contributed by atoms with E-state index in [0.717, 1.165) is 16.7 Å². The highest BCUT2D eigenvalue weighted by Crippen LogP contribution is 2.20. The number of methoxy groups -OCH3 is 1. The van der Waals surface area contributed by atoms with E-state index in [0.29, 0.717) is 17.5 Å². The van der Waals surface area contributed by atoms with E-state index in [9.17, 15) is 9.59 Å². The number of carbonyl (C=O) groups is 2. The summed E-state index contributed by atoms with van der Waals surface area (Å²) in [5.74, 6) is -1.33. The topological polar surface area (TPSA) is 118 Å². The van der Waals surface area contributed by atoms with Gasteiger partial charge in [-0.05, 0) is 60.4 Å². The first-order valence-electron chi connectivity index (χ1n) is 10.2. The fourth-order valence-corrected chi connectivity index (χ4v) is 3.48. The molecule has 1 heterocycles. The third-order valence-electron chi connectivity index (χ3n) is 5.32. The van der Waals surface area contributed by atoms with Crippen LogP contribution in [0.1, 0.15) is 28.4 Å². The van der Waals surface area contributed by atoms with Crippen LogP contribution in [0.2, 0.25) is 0 Å². The van der Waals surface area contributed by atoms with Gasteiger partial charge in [-0.3, -0.25) is 20.0 Å². The smallest absolute Gasteiger partial charge is 0.311 e. The molecule has 0 radical (unpaired) electrons. The van der Waals surface area contributed by atoms with E-state index < -0.39 is 17.9 Å². The minimum atomic E-state index is -0.595. The van der Waals surface area contributed by atoms with Gasteiger partial charge in [-0.1, -0.05) is 30.3 Å². The van der Waals surface area contributed by atoms with Gasteiger partial charge in [0.2, 0.25) is 0 Å². The SMILES string of the molecule is COC(=O)[C@H](Cc1cccc(C(=N)N)c1)C(C)NC(=O)c1ccc(-c2ccncc2)cc1. The van der Waals surface area contributed by atoms with Gasteiger partial charge < -0.3 is 15.8 Å². The number of hydrogen-bond donors (Lipinski definition) is 3. The Balaban J connectivity index is 1.72. The molecule has 7 heteroatoms. The number of pyridine rings is 1. The zero-order chi connectivity index (χ0) is 23.1. The maximum atomic E-state index is 12.8. The summed E-state index contributed by atoms with van der Waals surface area (Å²) in [7, 11) is 1.33. The Morgan fingerprint density at radius 3 is 2.31 bits per heavy atom. The predicted molar refractivity (Wildman–Crippen MR) is 123 cm³/mol. The van der Waals surface area contributed by atoms with Crippen LogP contribution in [0.5, 0.6) is 0 Å². The molecule has 0 aliphatic rings. The Bertz CT molecular complexity index is 1100. The Morgan fingerprint density at radius 2 is 1.69 bits per heavy atom. The molecule has 1 amide bonds. The van der Waals surface area contributed by atoms with Gasteiger partial charge in [0.25, 0.3) is 5.91 Å². The molecule has 0 bridgehead atoms. The van der Waals surface area contributed by atoms with E-state index in [2.05, 4.69) is 10.3 Å². The van der Waals surface area contributed by atoms with E-state index in [1.165, 1.54) is 7.11 Å². The first-order valence-corrected chi connectivity index (χ1v) is 10.2. The van der Waals surface area contributed by atoms with Crippen molar-refractivity contribution in [2.45, 2.75) is 19.4 Å². The lowest BCUT2D eigenvalue weighted by atomic mass is 9.92. The second-order valence-electron chi connectivity index (χ2n) is 7.52. The molecule has 0 aliphatic carbocycles. The van der Waals surface area contributed by atoms with Crippen molar-refractivity contribution in [1.29, 1.82) is 5.41 Å². The molecule has 32 heavy (non-hydrogen) atoms. The second kappa shape index (κ2) is 10.3. The Morgan fingerprint density at radius 1 is 1.03 bits per heavy atom. The van der Waals surface area contributed by atoms with Crippen molar-refractivity contribution in [2.75, 3.05) is 7.11 Å². The van der Waals surface area contributed by atoms with Crippen molar-refractivity contribution >= 4 is 17.7 Å². The minimum absolute atomic E-state index is 0.0435. The molecule has 3 aromatic rings. The molecular weight excluding hydrogens is 404 g/mol. The molecule has 0 saturated carbocycles. The summed E-state index contributed by atoms with van der Waals surface area (Å²) in [6.45, 7) is 1.78. The maximum Gasteiger partial charge on any atom is 0.311 e. The van der Waals surface area contributed by atoms with Crippen molar-refractivity contribution < 1.29 is 14.3 Å². The highest BCUT2D eigenvalue weighted by atomic mass is 16.5. The zero-order valence-corrected chi connectivity index (χ0v) is 18.0. The minimum Gasteiger partial charge on any atom is -0.469 e. The average Bonchev–Trinajstić information content (AvgIpc) is 2.82. The lowest BCUT2D eigenvalue weighted by Gasteiger charge is -2.23. The molecule has 1 unspecified atom stereocenters. The summed E-state index contributed by atoms with van der Waals surface area (Å²) in [5.41, 5.74) is 9.47. The Kier molecular flexibility index (Phi) is 7.33. The number of hydrogen-bond acceptors (Lipinski definition) is 5. The molecule has 4 N–H and O–H groups in total. The van der Waals surface area contributed by atoms with Crippen molar-refractivity contribution in [3.05, 3.63) is 89.7 Å². The number of nitrogens with one attached hydrogen (secondary N) is 2. The Hall–Kier alpha value is -4.00. The Labute approximate surface area is 187 Å². The van der Waals surface area contributed by atoms with Crippen LogP contribution in [0.3, 0.4) is 0 Å².